The Balaban J connectivity index is 1.89. The lowest BCUT2D eigenvalue weighted by Gasteiger charge is -2.27. The van der Waals surface area contributed by atoms with Crippen LogP contribution in [0, 0.1) is 10.1 Å². The average Bonchev–Trinajstić information content (AvgIpc) is 2.63. The number of aromatic nitrogens is 1. The highest BCUT2D eigenvalue weighted by molar-refractivity contribution is 6.26. The number of carbonyl (C=O) groups excluding carboxylic acids is 2. The van der Waals surface area contributed by atoms with E-state index in [0.717, 1.165) is 5.01 Å². The first kappa shape index (κ1) is 14.8. The lowest BCUT2D eigenvalue weighted by molar-refractivity contribution is -0.384. The summed E-state index contributed by atoms with van der Waals surface area (Å²) in [4.78, 5) is 40.1. The van der Waals surface area contributed by atoms with Gasteiger partial charge < -0.3 is 0 Å². The molecule has 0 radical (unpaired) electrons. The Hall–Kier alpha value is -3.81. The van der Waals surface area contributed by atoms with Gasteiger partial charge >= 0.3 is 0 Å². The summed E-state index contributed by atoms with van der Waals surface area (Å²) < 4.78 is 0. The third-order valence-electron chi connectivity index (χ3n) is 3.93. The molecule has 3 aromatic rings. The number of hydrazine groups is 1. The Kier molecular flexibility index (Phi) is 3.17. The fourth-order valence-corrected chi connectivity index (χ4v) is 2.84. The number of nitro groups is 1. The van der Waals surface area contributed by atoms with Crippen molar-refractivity contribution in [2.75, 3.05) is 5.43 Å². The van der Waals surface area contributed by atoms with Crippen molar-refractivity contribution in [2.24, 2.45) is 0 Å². The molecule has 25 heavy (non-hydrogen) atoms. The van der Waals surface area contributed by atoms with Gasteiger partial charge in [0.15, 0.2) is 0 Å². The molecule has 1 aliphatic rings. The van der Waals surface area contributed by atoms with Crippen LogP contribution in [0.25, 0.3) is 10.8 Å². The van der Waals surface area contributed by atoms with Crippen LogP contribution in [0.1, 0.15) is 20.7 Å². The molecule has 8 nitrogen and oxygen atoms in total. The van der Waals surface area contributed by atoms with E-state index < -0.39 is 16.7 Å². The number of nitro benzene ring substituents is 1. The van der Waals surface area contributed by atoms with Crippen molar-refractivity contribution in [3.63, 3.8) is 0 Å². The maximum absolute atomic E-state index is 12.8. The van der Waals surface area contributed by atoms with Crippen LogP contribution >= 0.6 is 0 Å². The van der Waals surface area contributed by atoms with E-state index in [0.29, 0.717) is 22.2 Å². The molecule has 0 aliphatic carbocycles. The highest BCUT2D eigenvalue weighted by Crippen LogP contribution is 2.33. The SMILES string of the molecule is O=C1c2cccc3cc([N+](=O)[O-])cc(c23)C(=O)N1Nc1ccccn1. The number of rotatable bonds is 3. The van der Waals surface area contributed by atoms with Gasteiger partial charge in [-0.05, 0) is 23.6 Å². The van der Waals surface area contributed by atoms with E-state index >= 15 is 0 Å². The fraction of sp³-hybridized carbons (Fsp3) is 0. The van der Waals surface area contributed by atoms with Crippen LogP contribution in [0.4, 0.5) is 11.5 Å². The topological polar surface area (TPSA) is 105 Å². The first-order valence-electron chi connectivity index (χ1n) is 7.34. The Morgan fingerprint density at radius 3 is 2.52 bits per heavy atom. The zero-order valence-electron chi connectivity index (χ0n) is 12.7. The number of hydrogen-bond acceptors (Lipinski definition) is 6. The number of non-ortho nitro benzene ring substituents is 1. The second-order valence-corrected chi connectivity index (χ2v) is 5.43. The summed E-state index contributed by atoms with van der Waals surface area (Å²) in [6, 6.07) is 12.4. The van der Waals surface area contributed by atoms with Gasteiger partial charge in [0, 0.05) is 23.7 Å². The van der Waals surface area contributed by atoms with Crippen molar-refractivity contribution in [1.82, 2.24) is 9.99 Å². The maximum Gasteiger partial charge on any atom is 0.280 e. The largest absolute Gasteiger partial charge is 0.280 e. The van der Waals surface area contributed by atoms with Gasteiger partial charge in [0.05, 0.1) is 16.1 Å². The number of pyridine rings is 1. The summed E-state index contributed by atoms with van der Waals surface area (Å²) in [5.74, 6) is -0.893. The van der Waals surface area contributed by atoms with Gasteiger partial charge in [-0.1, -0.05) is 18.2 Å². The Labute approximate surface area is 140 Å². The second kappa shape index (κ2) is 5.38. The third kappa shape index (κ3) is 2.27. The molecule has 1 aliphatic heterocycles. The predicted octanol–water partition coefficient (Wildman–Crippen LogP) is 2.77. The zero-order valence-corrected chi connectivity index (χ0v) is 12.7. The van der Waals surface area contributed by atoms with Gasteiger partial charge in [-0.15, -0.1) is 0 Å². The summed E-state index contributed by atoms with van der Waals surface area (Å²) >= 11 is 0. The van der Waals surface area contributed by atoms with Gasteiger partial charge in [0.1, 0.15) is 5.82 Å². The van der Waals surface area contributed by atoms with Gasteiger partial charge in [-0.3, -0.25) is 25.1 Å². The molecular weight excluding hydrogens is 324 g/mol. The van der Waals surface area contributed by atoms with Crippen LogP contribution in [-0.2, 0) is 0 Å². The van der Waals surface area contributed by atoms with E-state index in [-0.39, 0.29) is 11.3 Å². The zero-order chi connectivity index (χ0) is 17.6. The number of nitrogens with zero attached hydrogens (tertiary/aromatic N) is 3. The number of imide groups is 1. The van der Waals surface area contributed by atoms with Crippen LogP contribution in [0.5, 0.6) is 0 Å². The van der Waals surface area contributed by atoms with Crippen molar-refractivity contribution in [1.29, 1.82) is 0 Å². The normalized spacial score (nSPS) is 13.2. The Morgan fingerprint density at radius 2 is 1.80 bits per heavy atom. The molecule has 0 saturated heterocycles. The van der Waals surface area contributed by atoms with Gasteiger partial charge in [-0.2, -0.15) is 5.01 Å². The number of nitrogens with one attached hydrogen (secondary N) is 1. The number of amides is 2. The van der Waals surface area contributed by atoms with Crippen molar-refractivity contribution in [3.8, 4) is 0 Å². The van der Waals surface area contributed by atoms with Gasteiger partial charge in [-0.25, -0.2) is 4.98 Å². The minimum absolute atomic E-state index is 0.0998. The molecule has 0 spiro atoms. The van der Waals surface area contributed by atoms with Crippen molar-refractivity contribution < 1.29 is 14.5 Å². The van der Waals surface area contributed by atoms with Gasteiger partial charge in [0.25, 0.3) is 17.5 Å². The summed E-state index contributed by atoms with van der Waals surface area (Å²) in [6.45, 7) is 0. The standard InChI is InChI=1S/C17H10N4O4/c22-16-12-5-3-4-10-8-11(21(24)25)9-13(15(10)12)17(23)20(16)19-14-6-1-2-7-18-14/h1-9H,(H,18,19). The van der Waals surface area contributed by atoms with E-state index in [2.05, 4.69) is 10.4 Å². The predicted molar refractivity (Wildman–Crippen MR) is 89.0 cm³/mol. The van der Waals surface area contributed by atoms with E-state index in [9.17, 15) is 19.7 Å². The summed E-state index contributed by atoms with van der Waals surface area (Å²) in [5, 5.41) is 12.9. The maximum atomic E-state index is 12.8. The number of hydrogen-bond donors (Lipinski definition) is 1. The van der Waals surface area contributed by atoms with Crippen molar-refractivity contribution >= 4 is 34.1 Å². The van der Waals surface area contributed by atoms with Crippen LogP contribution in [0.2, 0.25) is 0 Å². The van der Waals surface area contributed by atoms with E-state index in [1.165, 1.54) is 18.3 Å². The number of benzene rings is 2. The number of anilines is 1. The van der Waals surface area contributed by atoms with E-state index in [1.807, 2.05) is 0 Å². The highest BCUT2D eigenvalue weighted by Gasteiger charge is 2.34. The molecule has 0 bridgehead atoms. The minimum Gasteiger partial charge on any atom is -0.271 e. The second-order valence-electron chi connectivity index (χ2n) is 5.43. The lowest BCUT2D eigenvalue weighted by atomic mass is 9.94. The molecule has 1 aromatic heterocycles. The molecule has 0 saturated carbocycles. The number of carbonyl (C=O) groups is 2. The summed E-state index contributed by atoms with van der Waals surface area (Å²) in [7, 11) is 0. The van der Waals surface area contributed by atoms with Crippen molar-refractivity contribution in [3.05, 3.63) is 76.0 Å². The van der Waals surface area contributed by atoms with Crippen molar-refractivity contribution in [2.45, 2.75) is 0 Å². The molecule has 2 heterocycles. The fourth-order valence-electron chi connectivity index (χ4n) is 2.84. The average molecular weight is 334 g/mol. The third-order valence-corrected chi connectivity index (χ3v) is 3.93. The smallest absolute Gasteiger partial charge is 0.271 e. The molecule has 2 amide bonds. The Bertz CT molecular complexity index is 1050. The molecule has 8 heteroatoms. The van der Waals surface area contributed by atoms with E-state index in [4.69, 9.17) is 0 Å². The van der Waals surface area contributed by atoms with Crippen LogP contribution in [0.15, 0.2) is 54.7 Å². The molecule has 2 aromatic carbocycles. The quantitative estimate of drug-likeness (QED) is 0.448. The first-order valence-corrected chi connectivity index (χ1v) is 7.34. The summed E-state index contributed by atoms with van der Waals surface area (Å²) in [6.07, 6.45) is 1.51. The molecule has 1 N–H and O–H groups in total. The highest BCUT2D eigenvalue weighted by atomic mass is 16.6. The Morgan fingerprint density at radius 1 is 1.00 bits per heavy atom. The molecule has 0 unspecified atom stereocenters. The van der Waals surface area contributed by atoms with Crippen LogP contribution < -0.4 is 5.43 Å². The van der Waals surface area contributed by atoms with E-state index in [1.54, 1.807) is 36.4 Å². The van der Waals surface area contributed by atoms with Crippen LogP contribution in [0.3, 0.4) is 0 Å². The van der Waals surface area contributed by atoms with Gasteiger partial charge in [0.2, 0.25) is 0 Å². The first-order chi connectivity index (χ1) is 12.1. The molecule has 0 fully saturated rings. The monoisotopic (exact) mass is 334 g/mol. The molecule has 122 valence electrons. The molecular formula is C17H10N4O4. The molecule has 4 rings (SSSR count). The molecule has 0 atom stereocenters. The van der Waals surface area contributed by atoms with Crippen LogP contribution in [-0.4, -0.2) is 26.7 Å². The lowest BCUT2D eigenvalue weighted by Crippen LogP contribution is -2.44. The minimum atomic E-state index is -0.664. The summed E-state index contributed by atoms with van der Waals surface area (Å²) in [5.41, 5.74) is 2.85.